The van der Waals surface area contributed by atoms with Crippen LogP contribution in [0.4, 0.5) is 10.2 Å². The van der Waals surface area contributed by atoms with Gasteiger partial charge in [0.2, 0.25) is 5.91 Å². The molecule has 166 valence electrons. The standard InChI is InChI=1S/C23H19ClFN7O/c24-16-6-14-8-18(9-27-19(33)5-13-1-3-17(25)4-2-13)31-20(14)15(7-16)10-32-12-30-21-22(26)28-11-29-23(21)32/h1-4,6-8,11-12,31H,5,9-10H2,(H,27,33)(H2,26,28,29). The maximum absolute atomic E-state index is 13.0. The first-order valence-corrected chi connectivity index (χ1v) is 10.6. The molecule has 8 nitrogen and oxygen atoms in total. The number of benzene rings is 2. The van der Waals surface area contributed by atoms with Crippen LogP contribution in [-0.2, 0) is 24.3 Å². The van der Waals surface area contributed by atoms with Gasteiger partial charge in [-0.1, -0.05) is 23.7 Å². The molecule has 10 heteroatoms. The van der Waals surface area contributed by atoms with Crippen LogP contribution in [0.25, 0.3) is 22.1 Å². The Morgan fingerprint density at radius 2 is 1.97 bits per heavy atom. The molecule has 0 atom stereocenters. The first kappa shape index (κ1) is 20.9. The molecule has 4 N–H and O–H groups in total. The van der Waals surface area contributed by atoms with Gasteiger partial charge < -0.3 is 20.6 Å². The normalized spacial score (nSPS) is 11.3. The third kappa shape index (κ3) is 4.35. The average molecular weight is 464 g/mol. The molecule has 5 aromatic rings. The van der Waals surface area contributed by atoms with Crippen molar-refractivity contribution in [2.24, 2.45) is 0 Å². The van der Waals surface area contributed by atoms with E-state index in [0.29, 0.717) is 35.1 Å². The molecule has 0 fully saturated rings. The molecular formula is C23H19ClFN7O. The van der Waals surface area contributed by atoms with Crippen molar-refractivity contribution in [1.82, 2.24) is 29.8 Å². The number of rotatable bonds is 6. The third-order valence-corrected chi connectivity index (χ3v) is 5.57. The highest BCUT2D eigenvalue weighted by molar-refractivity contribution is 6.31. The first-order chi connectivity index (χ1) is 16.0. The first-order valence-electron chi connectivity index (χ1n) is 10.2. The van der Waals surface area contributed by atoms with Gasteiger partial charge >= 0.3 is 0 Å². The predicted octanol–water partition coefficient (Wildman–Crippen LogP) is 3.59. The summed E-state index contributed by atoms with van der Waals surface area (Å²) in [4.78, 5) is 28.2. The second kappa shape index (κ2) is 8.51. The van der Waals surface area contributed by atoms with E-state index in [0.717, 1.165) is 27.7 Å². The minimum atomic E-state index is -0.327. The van der Waals surface area contributed by atoms with Gasteiger partial charge in [0.05, 0.1) is 31.4 Å². The number of nitrogens with two attached hydrogens (primary N) is 1. The average Bonchev–Trinajstić information content (AvgIpc) is 3.39. The number of hydrogen-bond acceptors (Lipinski definition) is 5. The van der Waals surface area contributed by atoms with Crippen molar-refractivity contribution >= 4 is 45.4 Å². The number of aromatic amines is 1. The Kier molecular flexibility index (Phi) is 5.39. The van der Waals surface area contributed by atoms with Crippen LogP contribution in [0.3, 0.4) is 0 Å². The summed E-state index contributed by atoms with van der Waals surface area (Å²) in [5, 5.41) is 4.42. The Morgan fingerprint density at radius 1 is 1.15 bits per heavy atom. The summed E-state index contributed by atoms with van der Waals surface area (Å²) in [5.74, 6) is -0.152. The van der Waals surface area contributed by atoms with Crippen LogP contribution in [-0.4, -0.2) is 30.4 Å². The van der Waals surface area contributed by atoms with E-state index >= 15 is 0 Å². The predicted molar refractivity (Wildman–Crippen MR) is 124 cm³/mol. The minimum Gasteiger partial charge on any atom is -0.382 e. The lowest BCUT2D eigenvalue weighted by Gasteiger charge is -2.07. The number of hydrogen-bond donors (Lipinski definition) is 3. The second-order valence-corrected chi connectivity index (χ2v) is 8.14. The maximum Gasteiger partial charge on any atom is 0.224 e. The van der Waals surface area contributed by atoms with Crippen LogP contribution < -0.4 is 11.1 Å². The lowest BCUT2D eigenvalue weighted by atomic mass is 10.1. The van der Waals surface area contributed by atoms with Gasteiger partial charge in [0.25, 0.3) is 0 Å². The molecular weight excluding hydrogens is 445 g/mol. The number of nitrogens with zero attached hydrogens (tertiary/aromatic N) is 4. The van der Waals surface area contributed by atoms with Gasteiger partial charge in [-0.25, -0.2) is 19.3 Å². The number of carbonyl (C=O) groups excluding carboxylic acids is 1. The molecule has 0 aliphatic heterocycles. The minimum absolute atomic E-state index is 0.152. The number of carbonyl (C=O) groups is 1. The summed E-state index contributed by atoms with van der Waals surface area (Å²) < 4.78 is 14.9. The van der Waals surface area contributed by atoms with E-state index in [2.05, 4.69) is 25.3 Å². The number of nitrogen functional groups attached to an aromatic ring is 1. The summed E-state index contributed by atoms with van der Waals surface area (Å²) in [6, 6.07) is 11.6. The summed E-state index contributed by atoms with van der Waals surface area (Å²) in [6.45, 7) is 0.796. The molecule has 1 amide bonds. The van der Waals surface area contributed by atoms with Crippen molar-refractivity contribution in [2.75, 3.05) is 5.73 Å². The Morgan fingerprint density at radius 3 is 2.79 bits per heavy atom. The van der Waals surface area contributed by atoms with Gasteiger partial charge in [0.1, 0.15) is 17.7 Å². The zero-order valence-corrected chi connectivity index (χ0v) is 18.1. The van der Waals surface area contributed by atoms with E-state index in [4.69, 9.17) is 17.3 Å². The fourth-order valence-corrected chi connectivity index (χ4v) is 4.05. The highest BCUT2D eigenvalue weighted by Crippen LogP contribution is 2.26. The highest BCUT2D eigenvalue weighted by Gasteiger charge is 2.13. The Bertz CT molecular complexity index is 1480. The molecule has 0 unspecified atom stereocenters. The van der Waals surface area contributed by atoms with Crippen molar-refractivity contribution < 1.29 is 9.18 Å². The Hall–Kier alpha value is -3.98. The van der Waals surface area contributed by atoms with Gasteiger partial charge in [-0.05, 0) is 41.5 Å². The molecule has 0 bridgehead atoms. The Labute approximate surface area is 192 Å². The highest BCUT2D eigenvalue weighted by atomic mass is 35.5. The summed E-state index contributed by atoms with van der Waals surface area (Å²) in [7, 11) is 0. The van der Waals surface area contributed by atoms with E-state index in [1.54, 1.807) is 18.5 Å². The Balaban J connectivity index is 1.35. The molecule has 0 radical (unpaired) electrons. The van der Waals surface area contributed by atoms with Crippen LogP contribution in [0.15, 0.2) is 55.1 Å². The van der Waals surface area contributed by atoms with Crippen molar-refractivity contribution in [2.45, 2.75) is 19.5 Å². The molecule has 0 spiro atoms. The molecule has 33 heavy (non-hydrogen) atoms. The van der Waals surface area contributed by atoms with Crippen molar-refractivity contribution in [3.8, 4) is 0 Å². The molecule has 0 aliphatic carbocycles. The zero-order valence-electron chi connectivity index (χ0n) is 17.3. The third-order valence-electron chi connectivity index (χ3n) is 5.35. The van der Waals surface area contributed by atoms with Gasteiger partial charge in [0.15, 0.2) is 11.5 Å². The number of amides is 1. The maximum atomic E-state index is 13.0. The van der Waals surface area contributed by atoms with E-state index < -0.39 is 0 Å². The second-order valence-electron chi connectivity index (χ2n) is 7.71. The molecule has 3 heterocycles. The van der Waals surface area contributed by atoms with Crippen molar-refractivity contribution in [3.05, 3.63) is 82.8 Å². The van der Waals surface area contributed by atoms with Crippen molar-refractivity contribution in [1.29, 1.82) is 0 Å². The van der Waals surface area contributed by atoms with Gasteiger partial charge in [-0.3, -0.25) is 4.79 Å². The van der Waals surface area contributed by atoms with E-state index in [1.807, 2.05) is 22.8 Å². The van der Waals surface area contributed by atoms with Gasteiger partial charge in [-0.15, -0.1) is 0 Å². The quantitative estimate of drug-likeness (QED) is 0.356. The smallest absolute Gasteiger partial charge is 0.224 e. The van der Waals surface area contributed by atoms with E-state index in [9.17, 15) is 9.18 Å². The lowest BCUT2D eigenvalue weighted by molar-refractivity contribution is -0.120. The van der Waals surface area contributed by atoms with Crippen LogP contribution >= 0.6 is 11.6 Å². The van der Waals surface area contributed by atoms with Crippen LogP contribution in [0.5, 0.6) is 0 Å². The van der Waals surface area contributed by atoms with Gasteiger partial charge in [0, 0.05) is 16.1 Å². The number of nitrogens with one attached hydrogen (secondary N) is 2. The molecule has 5 rings (SSSR count). The SMILES string of the molecule is Nc1ncnc2c1ncn2Cc1cc(Cl)cc2cc(CNC(=O)Cc3ccc(F)cc3)[nH]c12. The van der Waals surface area contributed by atoms with Crippen LogP contribution in [0, 0.1) is 5.82 Å². The van der Waals surface area contributed by atoms with E-state index in [-0.39, 0.29) is 18.1 Å². The summed E-state index contributed by atoms with van der Waals surface area (Å²) >= 11 is 6.36. The fourth-order valence-electron chi connectivity index (χ4n) is 3.80. The zero-order chi connectivity index (χ0) is 22.9. The van der Waals surface area contributed by atoms with E-state index in [1.165, 1.54) is 18.5 Å². The number of H-pyrrole nitrogens is 1. The molecule has 3 aromatic heterocycles. The molecule has 0 saturated carbocycles. The summed E-state index contributed by atoms with van der Waals surface area (Å²) in [6.07, 6.45) is 3.25. The molecule has 0 saturated heterocycles. The number of imidazole rings is 1. The topological polar surface area (TPSA) is 115 Å². The van der Waals surface area contributed by atoms with Crippen LogP contribution in [0.1, 0.15) is 16.8 Å². The van der Waals surface area contributed by atoms with Gasteiger partial charge in [-0.2, -0.15) is 0 Å². The number of aromatic nitrogens is 5. The molecule has 2 aromatic carbocycles. The van der Waals surface area contributed by atoms with Crippen LogP contribution in [0.2, 0.25) is 5.02 Å². The van der Waals surface area contributed by atoms with Crippen molar-refractivity contribution in [3.63, 3.8) is 0 Å². The largest absolute Gasteiger partial charge is 0.382 e. The number of fused-ring (bicyclic) bond motifs is 2. The number of halogens is 2. The monoisotopic (exact) mass is 463 g/mol. The summed E-state index contributed by atoms with van der Waals surface area (Å²) in [5.41, 5.74) is 10.5. The fraction of sp³-hybridized carbons (Fsp3) is 0.130. The number of anilines is 1. The molecule has 0 aliphatic rings. The lowest BCUT2D eigenvalue weighted by Crippen LogP contribution is -2.24.